The van der Waals surface area contributed by atoms with Crippen LogP contribution in [0.1, 0.15) is 48.0 Å². The lowest BCUT2D eigenvalue weighted by molar-refractivity contribution is 0.0734. The summed E-state index contributed by atoms with van der Waals surface area (Å²) < 4.78 is 13.5. The number of carbonyl (C=O) groups is 1. The summed E-state index contributed by atoms with van der Waals surface area (Å²) in [7, 11) is 1.77. The number of rotatable bonds is 3. The largest absolute Gasteiger partial charge is 0.395 e. The zero-order valence-corrected chi connectivity index (χ0v) is 12.2. The van der Waals surface area contributed by atoms with Crippen LogP contribution in [0.5, 0.6) is 0 Å². The van der Waals surface area contributed by atoms with Crippen LogP contribution in [0.2, 0.25) is 0 Å². The minimum absolute atomic E-state index is 0.0283. The lowest BCUT2D eigenvalue weighted by Gasteiger charge is -2.24. The summed E-state index contributed by atoms with van der Waals surface area (Å²) in [6, 6.07) is 4.31. The van der Waals surface area contributed by atoms with E-state index in [1.165, 1.54) is 18.2 Å². The minimum atomic E-state index is -0.439. The Morgan fingerprint density at radius 1 is 1.43 bits per heavy atom. The average Bonchev–Trinajstić information content (AvgIpc) is 3.01. The molecule has 21 heavy (non-hydrogen) atoms. The first kappa shape index (κ1) is 15.5. The van der Waals surface area contributed by atoms with E-state index in [2.05, 4.69) is 11.8 Å². The van der Waals surface area contributed by atoms with Crippen molar-refractivity contribution in [1.82, 2.24) is 4.90 Å². The molecule has 3 nitrogen and oxygen atoms in total. The van der Waals surface area contributed by atoms with Gasteiger partial charge in [-0.3, -0.25) is 4.79 Å². The van der Waals surface area contributed by atoms with Crippen molar-refractivity contribution in [2.45, 2.75) is 38.1 Å². The van der Waals surface area contributed by atoms with Crippen molar-refractivity contribution >= 4 is 5.91 Å². The first-order chi connectivity index (χ1) is 10.1. The van der Waals surface area contributed by atoms with Gasteiger partial charge in [0, 0.05) is 25.1 Å². The molecule has 0 aromatic heterocycles. The molecule has 2 rings (SSSR count). The molecule has 112 valence electrons. The number of amides is 1. The number of hydrogen-bond donors (Lipinski definition) is 1. The van der Waals surface area contributed by atoms with Gasteiger partial charge in [0.25, 0.3) is 5.91 Å². The van der Waals surface area contributed by atoms with E-state index >= 15 is 0 Å². The van der Waals surface area contributed by atoms with Crippen LogP contribution in [-0.2, 0) is 0 Å². The van der Waals surface area contributed by atoms with Crippen molar-refractivity contribution < 1.29 is 14.3 Å². The van der Waals surface area contributed by atoms with Crippen molar-refractivity contribution in [2.24, 2.45) is 0 Å². The topological polar surface area (TPSA) is 40.5 Å². The quantitative estimate of drug-likeness (QED) is 0.869. The fourth-order valence-corrected chi connectivity index (χ4v) is 2.66. The van der Waals surface area contributed by atoms with Crippen LogP contribution in [0.25, 0.3) is 0 Å². The van der Waals surface area contributed by atoms with Gasteiger partial charge in [-0.1, -0.05) is 24.7 Å². The number of aliphatic hydroxyl groups is 1. The van der Waals surface area contributed by atoms with Crippen LogP contribution in [-0.4, -0.2) is 35.6 Å². The molecule has 1 aliphatic rings. The van der Waals surface area contributed by atoms with E-state index in [0.717, 1.165) is 25.7 Å². The summed E-state index contributed by atoms with van der Waals surface area (Å²) in [5.41, 5.74) is 0.814. The summed E-state index contributed by atoms with van der Waals surface area (Å²) in [5, 5.41) is 8.76. The summed E-state index contributed by atoms with van der Waals surface area (Å²) in [5.74, 6) is 5.00. The highest BCUT2D eigenvalue weighted by atomic mass is 19.1. The van der Waals surface area contributed by atoms with Gasteiger partial charge in [0.1, 0.15) is 5.82 Å². The Balaban J connectivity index is 2.26. The van der Waals surface area contributed by atoms with E-state index in [0.29, 0.717) is 17.5 Å². The SMILES string of the molecule is CN(C(=O)c1cc(F)ccc1C#CCCO)C1CCCC1. The number of aliphatic hydroxyl groups excluding tert-OH is 1. The Bertz CT molecular complexity index is 568. The number of nitrogens with zero attached hydrogens (tertiary/aromatic N) is 1. The molecule has 0 spiro atoms. The third-order valence-electron chi connectivity index (χ3n) is 3.86. The smallest absolute Gasteiger partial charge is 0.255 e. The highest BCUT2D eigenvalue weighted by Crippen LogP contribution is 2.24. The zero-order chi connectivity index (χ0) is 15.2. The van der Waals surface area contributed by atoms with Crippen molar-refractivity contribution in [3.63, 3.8) is 0 Å². The number of halogens is 1. The van der Waals surface area contributed by atoms with E-state index in [-0.39, 0.29) is 18.6 Å². The molecular formula is C17H20FNO2. The van der Waals surface area contributed by atoms with Gasteiger partial charge in [-0.25, -0.2) is 4.39 Å². The molecule has 1 N–H and O–H groups in total. The number of carbonyl (C=O) groups excluding carboxylic acids is 1. The molecule has 1 aromatic rings. The minimum Gasteiger partial charge on any atom is -0.395 e. The molecule has 0 heterocycles. The van der Waals surface area contributed by atoms with Crippen molar-refractivity contribution in [3.05, 3.63) is 35.1 Å². The summed E-state index contributed by atoms with van der Waals surface area (Å²) in [6.07, 6.45) is 4.61. The number of hydrogen-bond acceptors (Lipinski definition) is 2. The molecule has 1 fully saturated rings. The van der Waals surface area contributed by atoms with Crippen LogP contribution in [0.3, 0.4) is 0 Å². The number of benzene rings is 1. The predicted octanol–water partition coefficient (Wildman–Crippen LogP) is 2.57. The Hall–Kier alpha value is -1.86. The van der Waals surface area contributed by atoms with Gasteiger partial charge in [-0.2, -0.15) is 0 Å². The molecule has 1 amide bonds. The van der Waals surface area contributed by atoms with Gasteiger partial charge in [-0.15, -0.1) is 0 Å². The third-order valence-corrected chi connectivity index (χ3v) is 3.86. The van der Waals surface area contributed by atoms with Crippen molar-refractivity contribution in [1.29, 1.82) is 0 Å². The normalized spacial score (nSPS) is 14.6. The van der Waals surface area contributed by atoms with E-state index in [4.69, 9.17) is 5.11 Å². The second-order valence-electron chi connectivity index (χ2n) is 5.32. The molecule has 0 radical (unpaired) electrons. The Morgan fingerprint density at radius 2 is 2.14 bits per heavy atom. The highest BCUT2D eigenvalue weighted by molar-refractivity contribution is 5.96. The fourth-order valence-electron chi connectivity index (χ4n) is 2.66. The monoisotopic (exact) mass is 289 g/mol. The predicted molar refractivity (Wildman–Crippen MR) is 79.3 cm³/mol. The third kappa shape index (κ3) is 3.83. The molecule has 1 aromatic carbocycles. The Morgan fingerprint density at radius 3 is 2.81 bits per heavy atom. The second kappa shape index (κ2) is 7.24. The molecule has 1 aliphatic carbocycles. The zero-order valence-electron chi connectivity index (χ0n) is 12.2. The average molecular weight is 289 g/mol. The standard InChI is InChI=1S/C17H20FNO2/c1-19(15-7-2-3-8-15)17(21)16-12-14(18)10-9-13(16)6-4-5-11-20/h9-10,12,15,20H,2-3,5,7-8,11H2,1H3. The maximum atomic E-state index is 13.5. The summed E-state index contributed by atoms with van der Waals surface area (Å²) >= 11 is 0. The summed E-state index contributed by atoms with van der Waals surface area (Å²) in [4.78, 5) is 14.3. The van der Waals surface area contributed by atoms with Crippen molar-refractivity contribution in [3.8, 4) is 11.8 Å². The first-order valence-corrected chi connectivity index (χ1v) is 7.30. The molecule has 0 aliphatic heterocycles. The van der Waals surface area contributed by atoms with E-state index in [1.807, 2.05) is 0 Å². The Labute approximate surface area is 124 Å². The van der Waals surface area contributed by atoms with E-state index < -0.39 is 5.82 Å². The van der Waals surface area contributed by atoms with Crippen LogP contribution >= 0.6 is 0 Å². The molecule has 0 atom stereocenters. The fraction of sp³-hybridized carbons (Fsp3) is 0.471. The summed E-state index contributed by atoms with van der Waals surface area (Å²) in [6.45, 7) is -0.0283. The molecule has 0 unspecified atom stereocenters. The van der Waals surface area contributed by atoms with E-state index in [1.54, 1.807) is 11.9 Å². The van der Waals surface area contributed by atoms with Crippen molar-refractivity contribution in [2.75, 3.05) is 13.7 Å². The first-order valence-electron chi connectivity index (χ1n) is 7.30. The van der Waals surface area contributed by atoms with E-state index in [9.17, 15) is 9.18 Å². The maximum Gasteiger partial charge on any atom is 0.255 e. The molecule has 0 saturated heterocycles. The van der Waals surface area contributed by atoms with Crippen LogP contribution in [0.15, 0.2) is 18.2 Å². The van der Waals surface area contributed by atoms with Gasteiger partial charge in [0.15, 0.2) is 0 Å². The second-order valence-corrected chi connectivity index (χ2v) is 5.32. The lowest BCUT2D eigenvalue weighted by Crippen LogP contribution is -2.35. The van der Waals surface area contributed by atoms with Gasteiger partial charge < -0.3 is 10.0 Å². The maximum absolute atomic E-state index is 13.5. The highest BCUT2D eigenvalue weighted by Gasteiger charge is 2.25. The van der Waals surface area contributed by atoms with Gasteiger partial charge >= 0.3 is 0 Å². The molecular weight excluding hydrogens is 269 g/mol. The van der Waals surface area contributed by atoms with Gasteiger partial charge in [-0.05, 0) is 31.0 Å². The van der Waals surface area contributed by atoms with Gasteiger partial charge in [0.2, 0.25) is 0 Å². The molecule has 0 bridgehead atoms. The lowest BCUT2D eigenvalue weighted by atomic mass is 10.0. The van der Waals surface area contributed by atoms with Gasteiger partial charge in [0.05, 0.1) is 12.2 Å². The molecule has 4 heteroatoms. The van der Waals surface area contributed by atoms with Crippen LogP contribution < -0.4 is 0 Å². The Kier molecular flexibility index (Phi) is 5.35. The molecule has 1 saturated carbocycles. The van der Waals surface area contributed by atoms with Crippen LogP contribution in [0.4, 0.5) is 4.39 Å². The van der Waals surface area contributed by atoms with Crippen LogP contribution in [0, 0.1) is 17.7 Å².